The Morgan fingerprint density at radius 1 is 1.37 bits per heavy atom. The summed E-state index contributed by atoms with van der Waals surface area (Å²) in [6.45, 7) is 1.32. The summed E-state index contributed by atoms with van der Waals surface area (Å²) in [4.78, 5) is 11.9. The molecule has 100 valence electrons. The number of ketones is 1. The highest BCUT2D eigenvalue weighted by molar-refractivity contribution is 5.98. The van der Waals surface area contributed by atoms with E-state index in [9.17, 15) is 4.79 Å². The van der Waals surface area contributed by atoms with Gasteiger partial charge in [-0.1, -0.05) is 18.2 Å². The molecule has 19 heavy (non-hydrogen) atoms. The number of furan rings is 1. The van der Waals surface area contributed by atoms with Crippen molar-refractivity contribution in [3.8, 4) is 0 Å². The lowest BCUT2D eigenvalue weighted by Crippen LogP contribution is -2.17. The van der Waals surface area contributed by atoms with E-state index in [-0.39, 0.29) is 18.5 Å². The van der Waals surface area contributed by atoms with Gasteiger partial charge < -0.3 is 13.9 Å². The molecular formula is C15H16O4. The Morgan fingerprint density at radius 2 is 2.26 bits per heavy atom. The van der Waals surface area contributed by atoms with Crippen LogP contribution in [0.5, 0.6) is 0 Å². The molecular weight excluding hydrogens is 244 g/mol. The molecule has 1 atom stereocenters. The van der Waals surface area contributed by atoms with Gasteiger partial charge in [-0.3, -0.25) is 4.79 Å². The van der Waals surface area contributed by atoms with Crippen molar-refractivity contribution in [2.75, 3.05) is 19.8 Å². The van der Waals surface area contributed by atoms with Gasteiger partial charge in [0, 0.05) is 12.0 Å². The van der Waals surface area contributed by atoms with Crippen molar-refractivity contribution in [1.82, 2.24) is 0 Å². The van der Waals surface area contributed by atoms with Crippen LogP contribution in [0.15, 0.2) is 34.7 Å². The highest BCUT2D eigenvalue weighted by Gasteiger charge is 2.17. The van der Waals surface area contributed by atoms with E-state index in [1.165, 1.54) is 0 Å². The maximum Gasteiger partial charge on any atom is 0.223 e. The van der Waals surface area contributed by atoms with E-state index in [2.05, 4.69) is 0 Å². The summed E-state index contributed by atoms with van der Waals surface area (Å²) in [6, 6.07) is 9.32. The summed E-state index contributed by atoms with van der Waals surface area (Å²) in [5.74, 6) is 0.225. The molecule has 0 N–H and O–H groups in total. The summed E-state index contributed by atoms with van der Waals surface area (Å²) >= 11 is 0. The van der Waals surface area contributed by atoms with E-state index in [0.717, 1.165) is 30.4 Å². The Hall–Kier alpha value is -1.65. The summed E-state index contributed by atoms with van der Waals surface area (Å²) in [7, 11) is 0. The zero-order valence-electron chi connectivity index (χ0n) is 10.6. The molecule has 1 aromatic heterocycles. The molecule has 0 spiro atoms. The lowest BCUT2D eigenvalue weighted by molar-refractivity contribution is 0.0183. The number of carbonyl (C=O) groups excluding carboxylic acids is 1. The number of para-hydroxylation sites is 1. The highest BCUT2D eigenvalue weighted by Crippen LogP contribution is 2.19. The highest BCUT2D eigenvalue weighted by atomic mass is 16.5. The second-order valence-corrected chi connectivity index (χ2v) is 4.72. The Bertz CT molecular complexity index is 533. The smallest absolute Gasteiger partial charge is 0.223 e. The Kier molecular flexibility index (Phi) is 3.62. The van der Waals surface area contributed by atoms with Gasteiger partial charge in [0.1, 0.15) is 12.2 Å². The molecule has 4 heteroatoms. The molecule has 2 aromatic rings. The molecule has 1 unspecified atom stereocenters. The predicted octanol–water partition coefficient (Wildman–Crippen LogP) is 2.81. The minimum Gasteiger partial charge on any atom is -0.453 e. The molecule has 0 bridgehead atoms. The molecule has 1 aromatic carbocycles. The Morgan fingerprint density at radius 3 is 3.05 bits per heavy atom. The van der Waals surface area contributed by atoms with Gasteiger partial charge in [-0.15, -0.1) is 0 Å². The molecule has 3 rings (SSSR count). The minimum atomic E-state index is -0.130. The number of hydrogen-bond acceptors (Lipinski definition) is 4. The fourth-order valence-electron chi connectivity index (χ4n) is 2.25. The molecule has 0 aliphatic carbocycles. The van der Waals surface area contributed by atoms with Crippen molar-refractivity contribution in [3.05, 3.63) is 36.1 Å². The first-order valence-corrected chi connectivity index (χ1v) is 6.54. The van der Waals surface area contributed by atoms with E-state index < -0.39 is 0 Å². The average molecular weight is 260 g/mol. The van der Waals surface area contributed by atoms with Crippen LogP contribution < -0.4 is 0 Å². The summed E-state index contributed by atoms with van der Waals surface area (Å²) in [6.07, 6.45) is 2.23. The quantitative estimate of drug-likeness (QED) is 0.776. The third-order valence-corrected chi connectivity index (χ3v) is 3.26. The molecule has 1 saturated heterocycles. The van der Waals surface area contributed by atoms with Crippen LogP contribution >= 0.6 is 0 Å². The van der Waals surface area contributed by atoms with Gasteiger partial charge in [0.2, 0.25) is 5.78 Å². The molecule has 0 saturated carbocycles. The first-order valence-electron chi connectivity index (χ1n) is 6.54. The van der Waals surface area contributed by atoms with Crippen LogP contribution in [0.25, 0.3) is 11.0 Å². The summed E-state index contributed by atoms with van der Waals surface area (Å²) < 4.78 is 16.3. The first kappa shape index (κ1) is 12.4. The van der Waals surface area contributed by atoms with E-state index in [1.807, 2.05) is 24.3 Å². The zero-order valence-corrected chi connectivity index (χ0v) is 10.6. The van der Waals surface area contributed by atoms with Gasteiger partial charge in [0.25, 0.3) is 0 Å². The first-order chi connectivity index (χ1) is 9.33. The van der Waals surface area contributed by atoms with Crippen LogP contribution in [0.4, 0.5) is 0 Å². The molecule has 4 nitrogen and oxygen atoms in total. The van der Waals surface area contributed by atoms with Gasteiger partial charge in [-0.25, -0.2) is 0 Å². The lowest BCUT2D eigenvalue weighted by atomic mass is 10.2. The monoisotopic (exact) mass is 260 g/mol. The van der Waals surface area contributed by atoms with Crippen molar-refractivity contribution in [1.29, 1.82) is 0 Å². The fourth-order valence-corrected chi connectivity index (χ4v) is 2.25. The maximum absolute atomic E-state index is 11.9. The van der Waals surface area contributed by atoms with Crippen molar-refractivity contribution in [2.45, 2.75) is 18.9 Å². The zero-order chi connectivity index (χ0) is 13.1. The van der Waals surface area contributed by atoms with Gasteiger partial charge in [-0.2, -0.15) is 0 Å². The molecule has 1 aliphatic rings. The molecule has 1 aliphatic heterocycles. The topological polar surface area (TPSA) is 48.7 Å². The largest absolute Gasteiger partial charge is 0.453 e. The van der Waals surface area contributed by atoms with Crippen LogP contribution in [0, 0.1) is 0 Å². The lowest BCUT2D eigenvalue weighted by Gasteiger charge is -2.08. The molecule has 2 heterocycles. The fraction of sp³-hybridized carbons (Fsp3) is 0.400. The van der Waals surface area contributed by atoms with Crippen molar-refractivity contribution in [2.24, 2.45) is 0 Å². The third-order valence-electron chi connectivity index (χ3n) is 3.26. The number of fused-ring (bicyclic) bond motifs is 1. The van der Waals surface area contributed by atoms with Crippen LogP contribution in [0.1, 0.15) is 23.4 Å². The summed E-state index contributed by atoms with van der Waals surface area (Å²) in [5, 5.41) is 0.935. The van der Waals surface area contributed by atoms with Crippen molar-refractivity contribution in [3.63, 3.8) is 0 Å². The van der Waals surface area contributed by atoms with E-state index in [0.29, 0.717) is 12.4 Å². The minimum absolute atomic E-state index is 0.0414. The van der Waals surface area contributed by atoms with Crippen LogP contribution in [0.3, 0.4) is 0 Å². The van der Waals surface area contributed by atoms with Gasteiger partial charge in [-0.05, 0) is 25.0 Å². The normalized spacial score (nSPS) is 19.1. The molecule has 0 amide bonds. The number of benzene rings is 1. The number of ether oxygens (including phenoxy) is 2. The van der Waals surface area contributed by atoms with Gasteiger partial charge >= 0.3 is 0 Å². The number of Topliss-reactive ketones (excluding diaryl/α,β-unsaturated/α-hetero) is 1. The van der Waals surface area contributed by atoms with E-state index in [4.69, 9.17) is 13.9 Å². The SMILES string of the molecule is O=C(COCC1CCCO1)c1cc2ccccc2o1. The average Bonchev–Trinajstić information content (AvgIpc) is 3.07. The molecule has 1 fully saturated rings. The third kappa shape index (κ3) is 2.85. The Labute approximate surface area is 111 Å². The second kappa shape index (κ2) is 5.55. The predicted molar refractivity (Wildman–Crippen MR) is 70.3 cm³/mol. The number of hydrogen-bond donors (Lipinski definition) is 0. The van der Waals surface area contributed by atoms with E-state index in [1.54, 1.807) is 6.07 Å². The van der Waals surface area contributed by atoms with Crippen LogP contribution in [-0.4, -0.2) is 31.7 Å². The van der Waals surface area contributed by atoms with E-state index >= 15 is 0 Å². The van der Waals surface area contributed by atoms with Gasteiger partial charge in [0.05, 0.1) is 12.7 Å². The molecule has 0 radical (unpaired) electrons. The number of carbonyl (C=O) groups is 1. The van der Waals surface area contributed by atoms with Crippen molar-refractivity contribution >= 4 is 16.8 Å². The van der Waals surface area contributed by atoms with Gasteiger partial charge in [0.15, 0.2) is 5.76 Å². The maximum atomic E-state index is 11.9. The van der Waals surface area contributed by atoms with Crippen LogP contribution in [-0.2, 0) is 9.47 Å². The Balaban J connectivity index is 1.57. The second-order valence-electron chi connectivity index (χ2n) is 4.72. The van der Waals surface area contributed by atoms with Crippen molar-refractivity contribution < 1.29 is 18.7 Å². The summed E-state index contributed by atoms with van der Waals surface area (Å²) in [5.41, 5.74) is 0.727. The van der Waals surface area contributed by atoms with Crippen LogP contribution in [0.2, 0.25) is 0 Å². The number of rotatable bonds is 5. The standard InChI is InChI=1S/C15H16O4/c16-13(10-17-9-12-5-3-7-18-12)15-8-11-4-1-2-6-14(11)19-15/h1-2,4,6,8,12H,3,5,7,9-10H2.